The highest BCUT2D eigenvalue weighted by molar-refractivity contribution is 7.99. The Balaban J connectivity index is 2.12. The third-order valence-electron chi connectivity index (χ3n) is 2.25. The van der Waals surface area contributed by atoms with E-state index in [1.165, 1.54) is 11.8 Å². The van der Waals surface area contributed by atoms with Gasteiger partial charge in [0, 0.05) is 0 Å². The van der Waals surface area contributed by atoms with Gasteiger partial charge in [0.05, 0.1) is 34.2 Å². The summed E-state index contributed by atoms with van der Waals surface area (Å²) in [4.78, 5) is 22.6. The molecule has 1 aromatic heterocycles. The fraction of sp³-hybridized carbons (Fsp3) is 0.250. The molecule has 5 nitrogen and oxygen atoms in total. The molecule has 0 aliphatic heterocycles. The highest BCUT2D eigenvalue weighted by atomic mass is 32.2. The van der Waals surface area contributed by atoms with Crippen LogP contribution in [0.1, 0.15) is 6.92 Å². The van der Waals surface area contributed by atoms with Crippen molar-refractivity contribution in [2.24, 2.45) is 4.99 Å². The van der Waals surface area contributed by atoms with E-state index in [-0.39, 0.29) is 11.7 Å². The van der Waals surface area contributed by atoms with E-state index in [1.54, 1.807) is 6.92 Å². The van der Waals surface area contributed by atoms with Crippen molar-refractivity contribution in [3.63, 3.8) is 0 Å². The number of aromatic amines is 1. The van der Waals surface area contributed by atoms with Crippen LogP contribution in [0.4, 0.5) is 5.69 Å². The van der Waals surface area contributed by atoms with Crippen LogP contribution >= 0.6 is 24.0 Å². The number of isothiocyanates is 1. The minimum Gasteiger partial charge on any atom is -0.465 e. The number of rotatable bonds is 5. The van der Waals surface area contributed by atoms with E-state index < -0.39 is 0 Å². The lowest BCUT2D eigenvalue weighted by Gasteiger charge is -1.98. The summed E-state index contributed by atoms with van der Waals surface area (Å²) in [6, 6.07) is 5.48. The standard InChI is InChI=1S/C12H11N3O2S2/c1-2-17-11(16)6-19-12-14-9-4-3-8(13-7-18)5-10(9)15-12/h3-5H,2,6H2,1H3,(H,14,15). The van der Waals surface area contributed by atoms with Gasteiger partial charge in [-0.05, 0) is 37.3 Å². The summed E-state index contributed by atoms with van der Waals surface area (Å²) in [7, 11) is 0. The third kappa shape index (κ3) is 3.64. The van der Waals surface area contributed by atoms with Gasteiger partial charge in [-0.1, -0.05) is 11.8 Å². The van der Waals surface area contributed by atoms with E-state index in [2.05, 4.69) is 32.3 Å². The van der Waals surface area contributed by atoms with E-state index in [0.717, 1.165) is 11.0 Å². The van der Waals surface area contributed by atoms with Gasteiger partial charge >= 0.3 is 5.97 Å². The molecule has 0 fully saturated rings. The fourth-order valence-electron chi connectivity index (χ4n) is 1.49. The molecule has 2 aromatic rings. The molecule has 0 bridgehead atoms. The minimum atomic E-state index is -0.251. The molecule has 19 heavy (non-hydrogen) atoms. The van der Waals surface area contributed by atoms with Gasteiger partial charge < -0.3 is 9.72 Å². The second kappa shape index (κ2) is 6.47. The molecule has 2 rings (SSSR count). The highest BCUT2D eigenvalue weighted by Gasteiger charge is 2.07. The number of imidazole rings is 1. The SMILES string of the molecule is CCOC(=O)CSc1nc2ccc(N=C=S)cc2[nH]1. The monoisotopic (exact) mass is 293 g/mol. The minimum absolute atomic E-state index is 0.235. The molecule has 0 spiro atoms. The zero-order chi connectivity index (χ0) is 13.7. The summed E-state index contributed by atoms with van der Waals surface area (Å²) >= 11 is 5.86. The van der Waals surface area contributed by atoms with Crippen molar-refractivity contribution in [2.45, 2.75) is 12.1 Å². The van der Waals surface area contributed by atoms with Gasteiger partial charge in [0.15, 0.2) is 5.16 Å². The predicted molar refractivity (Wildman–Crippen MR) is 78.1 cm³/mol. The summed E-state index contributed by atoms with van der Waals surface area (Å²) in [6.45, 7) is 2.17. The molecule has 1 heterocycles. The third-order valence-corrected chi connectivity index (χ3v) is 3.19. The van der Waals surface area contributed by atoms with Gasteiger partial charge in [-0.25, -0.2) is 4.98 Å². The van der Waals surface area contributed by atoms with Crippen molar-refractivity contribution >= 4 is 51.8 Å². The van der Waals surface area contributed by atoms with Crippen molar-refractivity contribution < 1.29 is 9.53 Å². The second-order valence-corrected chi connectivity index (χ2v) is 4.69. The van der Waals surface area contributed by atoms with E-state index in [4.69, 9.17) is 4.74 Å². The number of aromatic nitrogens is 2. The number of thioether (sulfide) groups is 1. The number of aliphatic imine (C=N–C) groups is 1. The van der Waals surface area contributed by atoms with Gasteiger partial charge in [-0.3, -0.25) is 4.79 Å². The maximum absolute atomic E-state index is 11.3. The molecule has 0 aliphatic carbocycles. The average Bonchev–Trinajstić information content (AvgIpc) is 2.79. The van der Waals surface area contributed by atoms with E-state index >= 15 is 0 Å². The lowest BCUT2D eigenvalue weighted by Crippen LogP contribution is -2.06. The van der Waals surface area contributed by atoms with Crippen LogP contribution in [0.15, 0.2) is 28.3 Å². The number of benzene rings is 1. The number of fused-ring (bicyclic) bond motifs is 1. The first-order chi connectivity index (χ1) is 9.22. The number of nitrogens with zero attached hydrogens (tertiary/aromatic N) is 2. The van der Waals surface area contributed by atoms with Crippen LogP contribution in [0, 0.1) is 0 Å². The molecule has 7 heteroatoms. The molecule has 0 unspecified atom stereocenters. The number of ether oxygens (including phenoxy) is 1. The molecule has 98 valence electrons. The number of thiocarbonyl (C=S) groups is 1. The number of hydrogen-bond acceptors (Lipinski definition) is 6. The highest BCUT2D eigenvalue weighted by Crippen LogP contribution is 2.23. The quantitative estimate of drug-likeness (QED) is 0.397. The molecule has 0 atom stereocenters. The lowest BCUT2D eigenvalue weighted by molar-refractivity contribution is -0.139. The molecule has 0 amide bonds. The maximum atomic E-state index is 11.3. The van der Waals surface area contributed by atoms with E-state index in [0.29, 0.717) is 17.5 Å². The molecule has 0 saturated heterocycles. The normalized spacial score (nSPS) is 10.2. The maximum Gasteiger partial charge on any atom is 0.316 e. The van der Waals surface area contributed by atoms with E-state index in [9.17, 15) is 4.79 Å². The Morgan fingerprint density at radius 2 is 2.47 bits per heavy atom. The zero-order valence-corrected chi connectivity index (χ0v) is 11.8. The van der Waals surface area contributed by atoms with Crippen molar-refractivity contribution in [2.75, 3.05) is 12.4 Å². The fourth-order valence-corrected chi connectivity index (χ4v) is 2.28. The van der Waals surface area contributed by atoms with Crippen molar-refractivity contribution in [3.8, 4) is 0 Å². The molecule has 0 aliphatic rings. The number of H-pyrrole nitrogens is 1. The van der Waals surface area contributed by atoms with Crippen molar-refractivity contribution in [1.29, 1.82) is 0 Å². The summed E-state index contributed by atoms with van der Waals surface area (Å²) in [5.41, 5.74) is 2.38. The van der Waals surface area contributed by atoms with Crippen LogP contribution in [0.25, 0.3) is 11.0 Å². The summed E-state index contributed by atoms with van der Waals surface area (Å²) < 4.78 is 4.85. The number of nitrogens with one attached hydrogen (secondary N) is 1. The Labute approximate surface area is 119 Å². The summed E-state index contributed by atoms with van der Waals surface area (Å²) in [5, 5.41) is 2.99. The molecule has 0 radical (unpaired) electrons. The van der Waals surface area contributed by atoms with Crippen molar-refractivity contribution in [1.82, 2.24) is 9.97 Å². The number of carbonyl (C=O) groups is 1. The number of hydrogen-bond donors (Lipinski definition) is 1. The smallest absolute Gasteiger partial charge is 0.316 e. The van der Waals surface area contributed by atoms with Gasteiger partial charge in [-0.2, -0.15) is 4.99 Å². The van der Waals surface area contributed by atoms with Crippen LogP contribution in [-0.2, 0) is 9.53 Å². The average molecular weight is 293 g/mol. The van der Waals surface area contributed by atoms with Gasteiger partial charge in [0.2, 0.25) is 0 Å². The van der Waals surface area contributed by atoms with Gasteiger partial charge in [0.25, 0.3) is 0 Å². The first-order valence-electron chi connectivity index (χ1n) is 5.59. The second-order valence-electron chi connectivity index (χ2n) is 3.54. The Hall–Kier alpha value is -1.69. The zero-order valence-electron chi connectivity index (χ0n) is 10.2. The van der Waals surface area contributed by atoms with Crippen molar-refractivity contribution in [3.05, 3.63) is 18.2 Å². The first kappa shape index (κ1) is 13.7. The molecule has 1 aromatic carbocycles. The van der Waals surface area contributed by atoms with Crippen LogP contribution in [0.2, 0.25) is 0 Å². The van der Waals surface area contributed by atoms with Crippen LogP contribution in [-0.4, -0.2) is 33.5 Å². The lowest BCUT2D eigenvalue weighted by atomic mass is 10.3. The van der Waals surface area contributed by atoms with Crippen LogP contribution in [0.3, 0.4) is 0 Å². The molecular formula is C12H11N3O2S2. The number of esters is 1. The Morgan fingerprint density at radius 1 is 1.63 bits per heavy atom. The largest absolute Gasteiger partial charge is 0.465 e. The van der Waals surface area contributed by atoms with Crippen LogP contribution in [0.5, 0.6) is 0 Å². The summed E-state index contributed by atoms with van der Waals surface area (Å²) in [5.74, 6) is -0.0162. The molecule has 1 N–H and O–H groups in total. The van der Waals surface area contributed by atoms with Gasteiger partial charge in [-0.15, -0.1) is 0 Å². The van der Waals surface area contributed by atoms with Gasteiger partial charge in [0.1, 0.15) is 0 Å². The van der Waals surface area contributed by atoms with Crippen LogP contribution < -0.4 is 0 Å². The van der Waals surface area contributed by atoms with E-state index in [1.807, 2.05) is 18.2 Å². The first-order valence-corrected chi connectivity index (χ1v) is 6.98. The molecule has 0 saturated carbocycles. The topological polar surface area (TPSA) is 67.3 Å². The Bertz CT molecular complexity index is 647. The Kier molecular flexibility index (Phi) is 4.68. The predicted octanol–water partition coefficient (Wildman–Crippen LogP) is 2.95. The Morgan fingerprint density at radius 3 is 3.21 bits per heavy atom. The number of carbonyl (C=O) groups excluding carboxylic acids is 1. The molecular weight excluding hydrogens is 282 g/mol. The summed E-state index contributed by atoms with van der Waals surface area (Å²) in [6.07, 6.45) is 0.